The summed E-state index contributed by atoms with van der Waals surface area (Å²) in [5.41, 5.74) is 0.210. The number of hydrogen-bond acceptors (Lipinski definition) is 2. The van der Waals surface area contributed by atoms with Crippen LogP contribution in [0, 0.1) is 23.5 Å². The predicted molar refractivity (Wildman–Crippen MR) is 73.1 cm³/mol. The molecular formula is C15H21F2NO2. The molecule has 1 aromatic rings. The van der Waals surface area contributed by atoms with E-state index in [0.29, 0.717) is 6.42 Å². The molecule has 1 rings (SSSR count). The molecule has 0 aliphatic rings. The Bertz CT molecular complexity index is 449. The van der Waals surface area contributed by atoms with Crippen LogP contribution >= 0.6 is 0 Å². The summed E-state index contributed by atoms with van der Waals surface area (Å²) in [7, 11) is 0. The average Bonchev–Trinajstić information content (AvgIpc) is 2.37. The molecule has 1 amide bonds. The number of carbonyl (C=O) groups excluding carboxylic acids is 1. The molecule has 1 aromatic carbocycles. The summed E-state index contributed by atoms with van der Waals surface area (Å²) in [4.78, 5) is 11.5. The van der Waals surface area contributed by atoms with Crippen LogP contribution in [0.1, 0.15) is 25.8 Å². The second kappa shape index (κ2) is 7.94. The largest absolute Gasteiger partial charge is 0.396 e. The summed E-state index contributed by atoms with van der Waals surface area (Å²) < 4.78 is 26.6. The van der Waals surface area contributed by atoms with Crippen molar-refractivity contribution in [2.75, 3.05) is 13.2 Å². The average molecular weight is 285 g/mol. The van der Waals surface area contributed by atoms with E-state index in [-0.39, 0.29) is 42.9 Å². The van der Waals surface area contributed by atoms with Gasteiger partial charge in [-0.25, -0.2) is 8.78 Å². The van der Waals surface area contributed by atoms with Gasteiger partial charge in [0.1, 0.15) is 11.6 Å². The van der Waals surface area contributed by atoms with Crippen LogP contribution < -0.4 is 5.32 Å². The van der Waals surface area contributed by atoms with Crippen molar-refractivity contribution in [3.63, 3.8) is 0 Å². The maximum atomic E-state index is 13.5. The first-order valence-corrected chi connectivity index (χ1v) is 6.73. The topological polar surface area (TPSA) is 49.3 Å². The van der Waals surface area contributed by atoms with Gasteiger partial charge < -0.3 is 10.4 Å². The number of rotatable bonds is 7. The van der Waals surface area contributed by atoms with Gasteiger partial charge in [-0.05, 0) is 36.1 Å². The van der Waals surface area contributed by atoms with Crippen LogP contribution in [-0.2, 0) is 11.2 Å². The summed E-state index contributed by atoms with van der Waals surface area (Å²) in [5, 5.41) is 12.0. The third kappa shape index (κ3) is 5.65. The van der Waals surface area contributed by atoms with E-state index in [1.807, 2.05) is 13.8 Å². The van der Waals surface area contributed by atoms with Gasteiger partial charge in [0.15, 0.2) is 0 Å². The number of aliphatic hydroxyl groups excluding tert-OH is 1. The molecule has 0 saturated heterocycles. The van der Waals surface area contributed by atoms with Gasteiger partial charge >= 0.3 is 0 Å². The zero-order valence-corrected chi connectivity index (χ0v) is 11.8. The second-order valence-electron chi connectivity index (χ2n) is 5.39. The smallest absolute Gasteiger partial charge is 0.220 e. The molecule has 0 aliphatic carbocycles. The third-order valence-corrected chi connectivity index (χ3v) is 2.96. The van der Waals surface area contributed by atoms with Crippen molar-refractivity contribution in [1.82, 2.24) is 5.32 Å². The molecular weight excluding hydrogens is 264 g/mol. The highest BCUT2D eigenvalue weighted by molar-refractivity contribution is 5.76. The molecule has 0 spiro atoms. The Morgan fingerprint density at radius 2 is 2.05 bits per heavy atom. The lowest BCUT2D eigenvalue weighted by Crippen LogP contribution is -2.32. The quantitative estimate of drug-likeness (QED) is 0.807. The zero-order chi connectivity index (χ0) is 15.1. The van der Waals surface area contributed by atoms with Crippen LogP contribution in [-0.4, -0.2) is 24.2 Å². The lowest BCUT2D eigenvalue weighted by Gasteiger charge is -2.16. The maximum absolute atomic E-state index is 13.5. The van der Waals surface area contributed by atoms with E-state index in [0.717, 1.165) is 18.2 Å². The van der Waals surface area contributed by atoms with Crippen molar-refractivity contribution in [3.05, 3.63) is 35.4 Å². The number of amides is 1. The number of halogens is 2. The number of benzene rings is 1. The summed E-state index contributed by atoms with van der Waals surface area (Å²) in [5.74, 6) is -1.19. The van der Waals surface area contributed by atoms with Crippen LogP contribution in [0.5, 0.6) is 0 Å². The van der Waals surface area contributed by atoms with Gasteiger partial charge in [-0.15, -0.1) is 0 Å². The molecule has 0 unspecified atom stereocenters. The van der Waals surface area contributed by atoms with E-state index in [9.17, 15) is 18.7 Å². The van der Waals surface area contributed by atoms with Crippen molar-refractivity contribution in [2.24, 2.45) is 11.8 Å². The van der Waals surface area contributed by atoms with Gasteiger partial charge in [0.05, 0.1) is 0 Å². The summed E-state index contributed by atoms with van der Waals surface area (Å²) in [6.45, 7) is 3.92. The molecule has 2 N–H and O–H groups in total. The van der Waals surface area contributed by atoms with Crippen LogP contribution in [0.25, 0.3) is 0 Å². The predicted octanol–water partition coefficient (Wildman–Crippen LogP) is 2.28. The minimum absolute atomic E-state index is 0.0989. The van der Waals surface area contributed by atoms with E-state index < -0.39 is 11.6 Å². The molecule has 5 heteroatoms. The molecule has 0 aliphatic heterocycles. The van der Waals surface area contributed by atoms with Crippen LogP contribution in [0.15, 0.2) is 18.2 Å². The molecule has 0 aromatic heterocycles. The summed E-state index contributed by atoms with van der Waals surface area (Å²) in [6, 6.07) is 3.24. The van der Waals surface area contributed by atoms with Crippen molar-refractivity contribution < 1.29 is 18.7 Å². The maximum Gasteiger partial charge on any atom is 0.220 e. The Labute approximate surface area is 118 Å². The minimum Gasteiger partial charge on any atom is -0.396 e. The van der Waals surface area contributed by atoms with Gasteiger partial charge in [0, 0.05) is 25.5 Å². The highest BCUT2D eigenvalue weighted by atomic mass is 19.1. The van der Waals surface area contributed by atoms with Crippen LogP contribution in [0.4, 0.5) is 8.78 Å². The zero-order valence-electron chi connectivity index (χ0n) is 11.8. The number of hydrogen-bond donors (Lipinski definition) is 2. The van der Waals surface area contributed by atoms with E-state index in [4.69, 9.17) is 0 Å². The van der Waals surface area contributed by atoms with E-state index in [1.165, 1.54) is 0 Å². The molecule has 112 valence electrons. The molecule has 0 heterocycles. The van der Waals surface area contributed by atoms with Gasteiger partial charge in [0.2, 0.25) is 5.91 Å². The lowest BCUT2D eigenvalue weighted by molar-refractivity contribution is -0.122. The van der Waals surface area contributed by atoms with Crippen molar-refractivity contribution >= 4 is 5.91 Å². The van der Waals surface area contributed by atoms with E-state index in [2.05, 4.69) is 5.32 Å². The molecule has 0 radical (unpaired) electrons. The Kier molecular flexibility index (Phi) is 6.58. The van der Waals surface area contributed by atoms with Crippen LogP contribution in [0.2, 0.25) is 0 Å². The Morgan fingerprint density at radius 3 is 2.65 bits per heavy atom. The highest BCUT2D eigenvalue weighted by Crippen LogP contribution is 2.14. The van der Waals surface area contributed by atoms with Gasteiger partial charge in [-0.3, -0.25) is 4.79 Å². The molecule has 0 bridgehead atoms. The van der Waals surface area contributed by atoms with Gasteiger partial charge in [0.25, 0.3) is 0 Å². The first-order valence-electron chi connectivity index (χ1n) is 6.73. The first kappa shape index (κ1) is 16.6. The minimum atomic E-state index is -0.512. The molecule has 1 atom stereocenters. The number of aliphatic hydroxyl groups is 1. The highest BCUT2D eigenvalue weighted by Gasteiger charge is 2.14. The fourth-order valence-electron chi connectivity index (χ4n) is 1.91. The van der Waals surface area contributed by atoms with Gasteiger partial charge in [-0.2, -0.15) is 0 Å². The Hall–Kier alpha value is -1.49. The first-order chi connectivity index (χ1) is 9.42. The monoisotopic (exact) mass is 285 g/mol. The number of carbonyl (C=O) groups is 1. The van der Waals surface area contributed by atoms with E-state index >= 15 is 0 Å². The number of nitrogens with one attached hydrogen (secondary N) is 1. The van der Waals surface area contributed by atoms with E-state index in [1.54, 1.807) is 0 Å². The normalized spacial score (nSPS) is 12.5. The summed E-state index contributed by atoms with van der Waals surface area (Å²) >= 11 is 0. The molecule has 0 saturated carbocycles. The SMILES string of the molecule is CC(C)CC(=O)NC[C@H](CO)Cc1cc(F)ccc1F. The summed E-state index contributed by atoms with van der Waals surface area (Å²) in [6.07, 6.45) is 0.592. The fourth-order valence-corrected chi connectivity index (χ4v) is 1.91. The second-order valence-corrected chi connectivity index (χ2v) is 5.39. The van der Waals surface area contributed by atoms with Crippen molar-refractivity contribution in [2.45, 2.75) is 26.7 Å². The third-order valence-electron chi connectivity index (χ3n) is 2.96. The Morgan fingerprint density at radius 1 is 1.35 bits per heavy atom. The molecule has 0 fully saturated rings. The molecule has 3 nitrogen and oxygen atoms in total. The van der Waals surface area contributed by atoms with Gasteiger partial charge in [-0.1, -0.05) is 13.8 Å². The van der Waals surface area contributed by atoms with Crippen molar-refractivity contribution in [3.8, 4) is 0 Å². The van der Waals surface area contributed by atoms with Crippen LogP contribution in [0.3, 0.4) is 0 Å². The fraction of sp³-hybridized carbons (Fsp3) is 0.533. The Balaban J connectivity index is 2.55. The van der Waals surface area contributed by atoms with Crippen molar-refractivity contribution in [1.29, 1.82) is 0 Å². The standard InChI is InChI=1S/C15H21F2NO2/c1-10(2)5-15(20)18-8-11(9-19)6-12-7-13(16)3-4-14(12)17/h3-4,7,10-11,19H,5-6,8-9H2,1-2H3,(H,18,20)/t11-/m1/s1. The molecule has 20 heavy (non-hydrogen) atoms. The lowest BCUT2D eigenvalue weighted by atomic mass is 9.99.